The average molecular weight is 346 g/mol. The zero-order valence-corrected chi connectivity index (χ0v) is 14.7. The number of rotatable bonds is 9. The largest absolute Gasteiger partial charge is 0.379 e. The molecule has 1 N–H and O–H groups in total. The van der Waals surface area contributed by atoms with Crippen molar-refractivity contribution in [1.82, 2.24) is 5.32 Å². The lowest BCUT2D eigenvalue weighted by molar-refractivity contribution is -0.129. The van der Waals surface area contributed by atoms with Gasteiger partial charge in [-0.05, 0) is 56.5 Å². The highest BCUT2D eigenvalue weighted by atomic mass is 19.1. The van der Waals surface area contributed by atoms with Crippen molar-refractivity contribution in [2.45, 2.75) is 33.3 Å². The summed E-state index contributed by atoms with van der Waals surface area (Å²) in [5.74, 6) is -3.00. The lowest BCUT2D eigenvalue weighted by atomic mass is 9.99. The third-order valence-corrected chi connectivity index (χ3v) is 3.41. The van der Waals surface area contributed by atoms with Crippen molar-refractivity contribution in [2.24, 2.45) is 5.92 Å². The molecular weight excluding hydrogens is 323 g/mol. The second-order valence-electron chi connectivity index (χ2n) is 5.86. The predicted octanol–water partition coefficient (Wildman–Crippen LogP) is 2.87. The molecule has 0 aliphatic carbocycles. The number of hydrogen-bond donors (Lipinski definition) is 1. The molecule has 0 heterocycles. The van der Waals surface area contributed by atoms with Gasteiger partial charge in [0.05, 0.1) is 12.2 Å². The number of ether oxygens (including phenoxy) is 1. The Labute approximate surface area is 147 Å². The molecule has 1 rings (SSSR count). The van der Waals surface area contributed by atoms with E-state index in [1.54, 1.807) is 13.0 Å². The van der Waals surface area contributed by atoms with E-state index in [1.807, 2.05) is 13.8 Å². The molecule has 134 valence electrons. The maximum Gasteiger partial charge on any atom is 0.245 e. The van der Waals surface area contributed by atoms with Crippen LogP contribution < -0.4 is 5.32 Å². The number of carbonyl (C=O) groups excluding carboxylic acids is 2. The van der Waals surface area contributed by atoms with Gasteiger partial charge in [-0.25, -0.2) is 4.39 Å². The van der Waals surface area contributed by atoms with Crippen LogP contribution in [0.1, 0.15) is 32.8 Å². The highest BCUT2D eigenvalue weighted by Crippen LogP contribution is 2.15. The van der Waals surface area contributed by atoms with E-state index in [1.165, 1.54) is 30.3 Å². The van der Waals surface area contributed by atoms with Gasteiger partial charge < -0.3 is 10.1 Å². The summed E-state index contributed by atoms with van der Waals surface area (Å²) in [7, 11) is 0. The normalized spacial score (nSPS) is 12.6. The molecule has 1 amide bonds. The summed E-state index contributed by atoms with van der Waals surface area (Å²) < 4.78 is 18.3. The van der Waals surface area contributed by atoms with Crippen LogP contribution in [0, 0.1) is 23.1 Å². The van der Waals surface area contributed by atoms with E-state index in [2.05, 4.69) is 5.32 Å². The van der Waals surface area contributed by atoms with Crippen molar-refractivity contribution in [3.8, 4) is 6.07 Å². The van der Waals surface area contributed by atoms with Gasteiger partial charge in [-0.3, -0.25) is 9.59 Å². The van der Waals surface area contributed by atoms with Crippen molar-refractivity contribution in [1.29, 1.82) is 5.26 Å². The number of allylic oxidation sites excluding steroid dienone is 2. The Morgan fingerprint density at radius 3 is 2.52 bits per heavy atom. The maximum absolute atomic E-state index is 12.9. The lowest BCUT2D eigenvalue weighted by Crippen LogP contribution is -2.35. The van der Waals surface area contributed by atoms with Gasteiger partial charge in [-0.2, -0.15) is 5.26 Å². The molecule has 0 spiro atoms. The number of benzene rings is 1. The first-order valence-corrected chi connectivity index (χ1v) is 8.12. The summed E-state index contributed by atoms with van der Waals surface area (Å²) in [6, 6.07) is 7.36. The maximum atomic E-state index is 12.9. The summed E-state index contributed by atoms with van der Waals surface area (Å²) in [4.78, 5) is 24.2. The van der Waals surface area contributed by atoms with Gasteiger partial charge in [0.2, 0.25) is 5.91 Å². The molecule has 0 fully saturated rings. The standard InChI is InChI=1S/C19H23FN2O3/c1-13(2)25-10-4-9-22-19(24)17(12-21)18(23)11-14(3)15-5-7-16(20)8-6-15/h5-8,11,13,17H,4,9-10H2,1-3H3,(H,22,24). The first-order chi connectivity index (χ1) is 11.8. The smallest absolute Gasteiger partial charge is 0.245 e. The molecule has 1 aromatic rings. The van der Waals surface area contributed by atoms with Gasteiger partial charge in [0.15, 0.2) is 11.7 Å². The molecule has 0 saturated heterocycles. The van der Waals surface area contributed by atoms with Crippen LogP contribution in [0.25, 0.3) is 5.57 Å². The Balaban J connectivity index is 2.61. The second kappa shape index (κ2) is 10.4. The number of halogens is 1. The fraction of sp³-hybridized carbons (Fsp3) is 0.421. The van der Waals surface area contributed by atoms with Crippen LogP contribution in [0.5, 0.6) is 0 Å². The molecular formula is C19H23FN2O3. The van der Waals surface area contributed by atoms with Crippen LogP contribution in [0.3, 0.4) is 0 Å². The molecule has 1 aromatic carbocycles. The number of ketones is 1. The molecule has 1 atom stereocenters. The zero-order chi connectivity index (χ0) is 18.8. The van der Waals surface area contributed by atoms with Crippen molar-refractivity contribution in [3.63, 3.8) is 0 Å². The van der Waals surface area contributed by atoms with E-state index < -0.39 is 17.6 Å². The highest BCUT2D eigenvalue weighted by molar-refractivity contribution is 6.11. The Bertz CT molecular complexity index is 660. The fourth-order valence-electron chi connectivity index (χ4n) is 2.05. The van der Waals surface area contributed by atoms with Gasteiger partial charge in [0.1, 0.15) is 5.82 Å². The molecule has 5 nitrogen and oxygen atoms in total. The van der Waals surface area contributed by atoms with Crippen molar-refractivity contribution >= 4 is 17.3 Å². The predicted molar refractivity (Wildman–Crippen MR) is 92.9 cm³/mol. The van der Waals surface area contributed by atoms with E-state index in [-0.39, 0.29) is 11.9 Å². The summed E-state index contributed by atoms with van der Waals surface area (Å²) >= 11 is 0. The topological polar surface area (TPSA) is 79.2 Å². The van der Waals surface area contributed by atoms with Gasteiger partial charge in [0.25, 0.3) is 0 Å². The van der Waals surface area contributed by atoms with Crippen molar-refractivity contribution in [2.75, 3.05) is 13.2 Å². The van der Waals surface area contributed by atoms with Crippen molar-refractivity contribution in [3.05, 3.63) is 41.7 Å². The third-order valence-electron chi connectivity index (χ3n) is 3.41. The number of hydrogen-bond acceptors (Lipinski definition) is 4. The summed E-state index contributed by atoms with van der Waals surface area (Å²) in [5, 5.41) is 11.7. The molecule has 1 unspecified atom stereocenters. The highest BCUT2D eigenvalue weighted by Gasteiger charge is 2.24. The van der Waals surface area contributed by atoms with Crippen LogP contribution in [0.2, 0.25) is 0 Å². The molecule has 25 heavy (non-hydrogen) atoms. The average Bonchev–Trinajstić information content (AvgIpc) is 2.55. The lowest BCUT2D eigenvalue weighted by Gasteiger charge is -2.10. The van der Waals surface area contributed by atoms with Gasteiger partial charge in [0, 0.05) is 13.2 Å². The fourth-order valence-corrected chi connectivity index (χ4v) is 2.05. The molecule has 0 radical (unpaired) electrons. The monoisotopic (exact) mass is 346 g/mol. The second-order valence-corrected chi connectivity index (χ2v) is 5.86. The number of carbonyl (C=O) groups is 2. The van der Waals surface area contributed by atoms with Crippen LogP contribution >= 0.6 is 0 Å². The van der Waals surface area contributed by atoms with Crippen molar-refractivity contribution < 1.29 is 18.7 Å². The number of nitriles is 1. The third kappa shape index (κ3) is 7.27. The summed E-state index contributed by atoms with van der Waals surface area (Å²) in [6.45, 7) is 6.32. The minimum absolute atomic E-state index is 0.115. The molecule has 6 heteroatoms. The first kappa shape index (κ1) is 20.5. The molecule has 0 aliphatic heterocycles. The van der Waals surface area contributed by atoms with Crippen LogP contribution in [0.15, 0.2) is 30.3 Å². The molecule has 0 saturated carbocycles. The molecule has 0 aromatic heterocycles. The Kier molecular flexibility index (Phi) is 8.51. The van der Waals surface area contributed by atoms with E-state index in [0.717, 1.165) is 0 Å². The number of amides is 1. The van der Waals surface area contributed by atoms with E-state index in [4.69, 9.17) is 10.00 Å². The number of nitrogens with one attached hydrogen (secondary N) is 1. The molecule has 0 bridgehead atoms. The van der Waals surface area contributed by atoms with Gasteiger partial charge in [-0.1, -0.05) is 12.1 Å². The first-order valence-electron chi connectivity index (χ1n) is 8.12. The minimum Gasteiger partial charge on any atom is -0.379 e. The van der Waals surface area contributed by atoms with E-state index in [0.29, 0.717) is 30.7 Å². The SMILES string of the molecule is CC(=CC(=O)C(C#N)C(=O)NCCCOC(C)C)c1ccc(F)cc1. The van der Waals surface area contributed by atoms with Crippen LogP contribution in [-0.2, 0) is 14.3 Å². The quantitative estimate of drug-likeness (QED) is 0.424. The van der Waals surface area contributed by atoms with E-state index in [9.17, 15) is 14.0 Å². The minimum atomic E-state index is -1.40. The number of nitrogens with zero attached hydrogens (tertiary/aromatic N) is 1. The van der Waals surface area contributed by atoms with Crippen LogP contribution in [0.4, 0.5) is 4.39 Å². The van der Waals surface area contributed by atoms with Gasteiger partial charge >= 0.3 is 0 Å². The molecule has 0 aliphatic rings. The summed E-state index contributed by atoms with van der Waals surface area (Å²) in [5.41, 5.74) is 1.21. The zero-order valence-electron chi connectivity index (χ0n) is 14.7. The Hall–Kier alpha value is -2.52. The van der Waals surface area contributed by atoms with E-state index >= 15 is 0 Å². The van der Waals surface area contributed by atoms with Gasteiger partial charge in [-0.15, -0.1) is 0 Å². The Morgan fingerprint density at radius 1 is 1.32 bits per heavy atom. The Morgan fingerprint density at radius 2 is 1.96 bits per heavy atom. The van der Waals surface area contributed by atoms with Crippen LogP contribution in [-0.4, -0.2) is 30.9 Å². The summed E-state index contributed by atoms with van der Waals surface area (Å²) in [6.07, 6.45) is 1.95.